The molecule has 6 heteroatoms. The van der Waals surface area contributed by atoms with Crippen LogP contribution in [0.15, 0.2) is 41.8 Å². The fraction of sp³-hybridized carbons (Fsp3) is 0.524. The molecule has 0 saturated heterocycles. The number of thiophene rings is 1. The van der Waals surface area contributed by atoms with Crippen LogP contribution in [0.3, 0.4) is 0 Å². The van der Waals surface area contributed by atoms with Crippen LogP contribution in [-0.4, -0.2) is 55.3 Å². The van der Waals surface area contributed by atoms with E-state index in [9.17, 15) is 5.11 Å². The first kappa shape index (κ1) is 21.9. The molecule has 0 radical (unpaired) electrons. The lowest BCUT2D eigenvalue weighted by atomic mass is 10.2. The van der Waals surface area contributed by atoms with Gasteiger partial charge < -0.3 is 19.3 Å². The van der Waals surface area contributed by atoms with Crippen LogP contribution in [0, 0.1) is 6.92 Å². The maximum Gasteiger partial charge on any atom is 0.170 e. The zero-order valence-corrected chi connectivity index (χ0v) is 17.3. The molecule has 1 N–H and O–H groups in total. The summed E-state index contributed by atoms with van der Waals surface area (Å²) in [6.45, 7) is 9.18. The van der Waals surface area contributed by atoms with Crippen LogP contribution in [0.2, 0.25) is 0 Å². The van der Waals surface area contributed by atoms with Crippen LogP contribution < -0.4 is 4.74 Å². The monoisotopic (exact) mass is 393 g/mol. The van der Waals surface area contributed by atoms with Crippen molar-refractivity contribution in [2.24, 2.45) is 0 Å². The van der Waals surface area contributed by atoms with Gasteiger partial charge in [-0.1, -0.05) is 24.3 Å². The predicted octanol–water partition coefficient (Wildman–Crippen LogP) is 3.70. The highest BCUT2D eigenvalue weighted by atomic mass is 32.1. The van der Waals surface area contributed by atoms with Crippen LogP contribution >= 0.6 is 11.3 Å². The summed E-state index contributed by atoms with van der Waals surface area (Å²) in [4.78, 5) is 3.40. The Kier molecular flexibility index (Phi) is 9.80. The lowest BCUT2D eigenvalue weighted by molar-refractivity contribution is -0.150. The van der Waals surface area contributed by atoms with E-state index in [4.69, 9.17) is 14.2 Å². The van der Waals surface area contributed by atoms with E-state index in [0.717, 1.165) is 17.9 Å². The zero-order chi connectivity index (χ0) is 19.5. The van der Waals surface area contributed by atoms with Gasteiger partial charge in [0, 0.05) is 37.7 Å². The third-order valence-corrected chi connectivity index (χ3v) is 4.93. The Hall–Kier alpha value is -1.44. The Morgan fingerprint density at radius 1 is 1.04 bits per heavy atom. The Morgan fingerprint density at radius 3 is 2.41 bits per heavy atom. The van der Waals surface area contributed by atoms with E-state index in [1.165, 1.54) is 4.88 Å². The van der Waals surface area contributed by atoms with Crippen LogP contribution in [0.25, 0.3) is 0 Å². The average Bonchev–Trinajstić information content (AvgIpc) is 3.14. The number of benzene rings is 1. The molecule has 2 aromatic rings. The standard InChI is InChI=1S/C21H31NO4S/c1-4-24-21(25-5-2)15-22(14-19-10-8-12-27-19)13-18(23)16-26-20-11-7-6-9-17(20)3/h6-12,18,21,23H,4-5,13-16H2,1-3H3. The Labute approximate surface area is 166 Å². The topological polar surface area (TPSA) is 51.2 Å². The molecule has 2 rings (SSSR count). The zero-order valence-electron chi connectivity index (χ0n) is 16.5. The molecule has 0 aliphatic carbocycles. The number of hydrogen-bond acceptors (Lipinski definition) is 6. The first-order valence-electron chi connectivity index (χ1n) is 9.46. The quantitative estimate of drug-likeness (QED) is 0.526. The van der Waals surface area contributed by atoms with Crippen molar-refractivity contribution in [1.29, 1.82) is 0 Å². The van der Waals surface area contributed by atoms with Crippen LogP contribution in [0.5, 0.6) is 5.75 Å². The van der Waals surface area contributed by atoms with E-state index < -0.39 is 6.10 Å². The summed E-state index contributed by atoms with van der Waals surface area (Å²) in [5.74, 6) is 0.808. The summed E-state index contributed by atoms with van der Waals surface area (Å²) >= 11 is 1.71. The second-order valence-electron chi connectivity index (χ2n) is 6.34. The van der Waals surface area contributed by atoms with Crippen molar-refractivity contribution in [2.45, 2.75) is 39.7 Å². The highest BCUT2D eigenvalue weighted by Crippen LogP contribution is 2.17. The number of rotatable bonds is 13. The van der Waals surface area contributed by atoms with Gasteiger partial charge in [-0.25, -0.2) is 0 Å². The fourth-order valence-electron chi connectivity index (χ4n) is 2.82. The van der Waals surface area contributed by atoms with Crippen LogP contribution in [-0.2, 0) is 16.0 Å². The predicted molar refractivity (Wildman–Crippen MR) is 109 cm³/mol. The second kappa shape index (κ2) is 12.1. The molecule has 0 amide bonds. The van der Waals surface area contributed by atoms with E-state index in [1.807, 2.05) is 51.1 Å². The van der Waals surface area contributed by atoms with Crippen molar-refractivity contribution in [3.63, 3.8) is 0 Å². The van der Waals surface area contributed by atoms with Crippen molar-refractivity contribution in [2.75, 3.05) is 32.9 Å². The molecule has 1 heterocycles. The fourth-order valence-corrected chi connectivity index (χ4v) is 3.56. The van der Waals surface area contributed by atoms with Gasteiger partial charge in [-0.05, 0) is 43.8 Å². The summed E-state index contributed by atoms with van der Waals surface area (Å²) in [5, 5.41) is 12.6. The van der Waals surface area contributed by atoms with Gasteiger partial charge in [-0.3, -0.25) is 4.90 Å². The maximum atomic E-state index is 10.5. The lowest BCUT2D eigenvalue weighted by Gasteiger charge is -2.28. The molecule has 1 aromatic carbocycles. The summed E-state index contributed by atoms with van der Waals surface area (Å²) in [6.07, 6.45) is -0.905. The van der Waals surface area contributed by atoms with E-state index in [1.54, 1.807) is 11.3 Å². The Balaban J connectivity index is 1.93. The molecule has 0 fully saturated rings. The number of para-hydroxylation sites is 1. The second-order valence-corrected chi connectivity index (χ2v) is 7.38. The molecular formula is C21H31NO4S. The van der Waals surface area contributed by atoms with E-state index in [0.29, 0.717) is 26.3 Å². The molecule has 27 heavy (non-hydrogen) atoms. The van der Waals surface area contributed by atoms with E-state index in [2.05, 4.69) is 16.3 Å². The highest BCUT2D eigenvalue weighted by molar-refractivity contribution is 7.09. The molecule has 0 aliphatic rings. The van der Waals surface area contributed by atoms with Gasteiger partial charge >= 0.3 is 0 Å². The van der Waals surface area contributed by atoms with E-state index >= 15 is 0 Å². The number of nitrogens with zero attached hydrogens (tertiary/aromatic N) is 1. The van der Waals surface area contributed by atoms with Crippen molar-refractivity contribution in [3.05, 3.63) is 52.2 Å². The average molecular weight is 394 g/mol. The van der Waals surface area contributed by atoms with Crippen LogP contribution in [0.4, 0.5) is 0 Å². The number of hydrogen-bond donors (Lipinski definition) is 1. The van der Waals surface area contributed by atoms with Crippen molar-refractivity contribution >= 4 is 11.3 Å². The van der Waals surface area contributed by atoms with Gasteiger partial charge in [-0.2, -0.15) is 0 Å². The van der Waals surface area contributed by atoms with Gasteiger partial charge in [0.15, 0.2) is 6.29 Å². The number of aliphatic hydroxyl groups is 1. The minimum Gasteiger partial charge on any atom is -0.491 e. The summed E-state index contributed by atoms with van der Waals surface area (Å²) in [6, 6.07) is 12.0. The molecule has 0 spiro atoms. The minimum absolute atomic E-state index is 0.250. The SMILES string of the molecule is CCOC(CN(Cc1cccs1)CC(O)COc1ccccc1C)OCC. The first-order chi connectivity index (χ1) is 13.1. The third kappa shape index (κ3) is 7.99. The summed E-state index contributed by atoms with van der Waals surface area (Å²) < 4.78 is 17.2. The number of ether oxygens (including phenoxy) is 3. The van der Waals surface area contributed by atoms with Gasteiger partial charge in [0.05, 0.1) is 0 Å². The molecule has 0 saturated carbocycles. The van der Waals surface area contributed by atoms with E-state index in [-0.39, 0.29) is 12.9 Å². The first-order valence-corrected chi connectivity index (χ1v) is 10.3. The summed E-state index contributed by atoms with van der Waals surface area (Å²) in [5.41, 5.74) is 1.06. The Bertz CT molecular complexity index is 629. The summed E-state index contributed by atoms with van der Waals surface area (Å²) in [7, 11) is 0. The van der Waals surface area contributed by atoms with Gasteiger partial charge in [0.2, 0.25) is 0 Å². The minimum atomic E-state index is -0.603. The van der Waals surface area contributed by atoms with Crippen molar-refractivity contribution < 1.29 is 19.3 Å². The molecule has 0 bridgehead atoms. The highest BCUT2D eigenvalue weighted by Gasteiger charge is 2.19. The van der Waals surface area contributed by atoms with Gasteiger partial charge in [0.25, 0.3) is 0 Å². The normalized spacial score (nSPS) is 12.7. The molecule has 1 aromatic heterocycles. The smallest absolute Gasteiger partial charge is 0.170 e. The third-order valence-electron chi connectivity index (χ3n) is 4.07. The number of aliphatic hydroxyl groups excluding tert-OH is 1. The molecule has 150 valence electrons. The van der Waals surface area contributed by atoms with Gasteiger partial charge in [-0.15, -0.1) is 11.3 Å². The number of aryl methyl sites for hydroxylation is 1. The Morgan fingerprint density at radius 2 is 1.78 bits per heavy atom. The van der Waals surface area contributed by atoms with Crippen molar-refractivity contribution in [3.8, 4) is 5.75 Å². The van der Waals surface area contributed by atoms with Gasteiger partial charge in [0.1, 0.15) is 18.5 Å². The van der Waals surface area contributed by atoms with Crippen molar-refractivity contribution in [1.82, 2.24) is 4.90 Å². The lowest BCUT2D eigenvalue weighted by Crippen LogP contribution is -2.41. The largest absolute Gasteiger partial charge is 0.491 e. The molecule has 5 nitrogen and oxygen atoms in total. The molecular weight excluding hydrogens is 362 g/mol. The molecule has 1 atom stereocenters. The van der Waals surface area contributed by atoms with Crippen LogP contribution in [0.1, 0.15) is 24.3 Å². The molecule has 1 unspecified atom stereocenters. The molecule has 0 aliphatic heterocycles. The maximum absolute atomic E-state index is 10.5.